The zero-order valence-electron chi connectivity index (χ0n) is 10.6. The van der Waals surface area contributed by atoms with Gasteiger partial charge in [0.1, 0.15) is 11.5 Å². The average Bonchev–Trinajstić information content (AvgIpc) is 2.38. The summed E-state index contributed by atoms with van der Waals surface area (Å²) in [7, 11) is 1.57. The van der Waals surface area contributed by atoms with Crippen molar-refractivity contribution in [3.05, 3.63) is 65.7 Å². The molecule has 0 aromatic heterocycles. The molecule has 0 radical (unpaired) electrons. The lowest BCUT2D eigenvalue weighted by Gasteiger charge is -2.10. The predicted molar refractivity (Wildman–Crippen MR) is 74.0 cm³/mol. The molecule has 0 saturated heterocycles. The molecule has 92 valence electrons. The second-order valence-corrected chi connectivity index (χ2v) is 4.23. The molecule has 1 N–H and O–H groups in total. The summed E-state index contributed by atoms with van der Waals surface area (Å²) in [5, 5.41) is 9.97. The molecule has 0 aliphatic carbocycles. The van der Waals surface area contributed by atoms with E-state index in [1.165, 1.54) is 5.56 Å². The Balaban J connectivity index is 2.37. The number of rotatable bonds is 3. The van der Waals surface area contributed by atoms with E-state index in [9.17, 15) is 5.11 Å². The highest BCUT2D eigenvalue weighted by molar-refractivity contribution is 5.81. The number of hydrogen-bond acceptors (Lipinski definition) is 2. The zero-order chi connectivity index (χ0) is 13.1. The molecular weight excluding hydrogens is 224 g/mol. The largest absolute Gasteiger partial charge is 0.507 e. The van der Waals surface area contributed by atoms with Crippen molar-refractivity contribution in [3.8, 4) is 11.5 Å². The van der Waals surface area contributed by atoms with Crippen molar-refractivity contribution in [3.63, 3.8) is 0 Å². The first-order valence-electron chi connectivity index (χ1n) is 5.75. The minimum Gasteiger partial charge on any atom is -0.507 e. The van der Waals surface area contributed by atoms with Gasteiger partial charge in [0.15, 0.2) is 0 Å². The lowest BCUT2D eigenvalue weighted by Crippen LogP contribution is -1.89. The fraction of sp³-hybridized carbons (Fsp3) is 0.125. The van der Waals surface area contributed by atoms with E-state index in [1.54, 1.807) is 13.2 Å². The van der Waals surface area contributed by atoms with Crippen LogP contribution in [0.4, 0.5) is 0 Å². The summed E-state index contributed by atoms with van der Waals surface area (Å²) in [5.41, 5.74) is 3.72. The molecule has 18 heavy (non-hydrogen) atoms. The second-order valence-electron chi connectivity index (χ2n) is 4.23. The van der Waals surface area contributed by atoms with Gasteiger partial charge in [0.25, 0.3) is 0 Å². The molecular formula is C16H16O2. The number of ether oxygens (including phenoxy) is 1. The van der Waals surface area contributed by atoms with Crippen LogP contribution >= 0.6 is 0 Å². The van der Waals surface area contributed by atoms with Gasteiger partial charge in [0.05, 0.1) is 7.11 Å². The fourth-order valence-corrected chi connectivity index (χ4v) is 1.80. The number of aromatic hydroxyl groups is 1. The Bertz CT molecular complexity index is 568. The lowest BCUT2D eigenvalue weighted by molar-refractivity contribution is 0.407. The van der Waals surface area contributed by atoms with Crippen molar-refractivity contribution in [1.29, 1.82) is 0 Å². The molecule has 0 bridgehead atoms. The molecule has 0 aliphatic rings. The van der Waals surface area contributed by atoms with Crippen molar-refractivity contribution >= 4 is 5.57 Å². The van der Waals surface area contributed by atoms with Crippen LogP contribution in [0.3, 0.4) is 0 Å². The molecule has 2 aromatic carbocycles. The monoisotopic (exact) mass is 240 g/mol. The van der Waals surface area contributed by atoms with Crippen molar-refractivity contribution < 1.29 is 9.84 Å². The van der Waals surface area contributed by atoms with Crippen LogP contribution in [0, 0.1) is 6.92 Å². The Morgan fingerprint density at radius 3 is 2.33 bits per heavy atom. The van der Waals surface area contributed by atoms with Crippen LogP contribution in [-0.2, 0) is 0 Å². The quantitative estimate of drug-likeness (QED) is 0.884. The van der Waals surface area contributed by atoms with Crippen LogP contribution < -0.4 is 4.74 Å². The van der Waals surface area contributed by atoms with E-state index in [0.717, 1.165) is 16.7 Å². The Hall–Kier alpha value is -2.22. The molecule has 0 aliphatic heterocycles. The van der Waals surface area contributed by atoms with Crippen molar-refractivity contribution in [1.82, 2.24) is 0 Å². The maximum atomic E-state index is 9.97. The second kappa shape index (κ2) is 4.96. The first kappa shape index (κ1) is 12.2. The lowest BCUT2D eigenvalue weighted by atomic mass is 9.98. The Kier molecular flexibility index (Phi) is 3.38. The summed E-state index contributed by atoms with van der Waals surface area (Å²) in [6, 6.07) is 13.3. The van der Waals surface area contributed by atoms with Gasteiger partial charge in [-0.2, -0.15) is 0 Å². The first-order valence-corrected chi connectivity index (χ1v) is 5.75. The van der Waals surface area contributed by atoms with Gasteiger partial charge in [-0.15, -0.1) is 0 Å². The van der Waals surface area contributed by atoms with Gasteiger partial charge >= 0.3 is 0 Å². The summed E-state index contributed by atoms with van der Waals surface area (Å²) < 4.78 is 5.06. The van der Waals surface area contributed by atoms with Crippen molar-refractivity contribution in [2.45, 2.75) is 6.92 Å². The summed E-state index contributed by atoms with van der Waals surface area (Å²) in [4.78, 5) is 0. The molecule has 2 heteroatoms. The highest BCUT2D eigenvalue weighted by Gasteiger charge is 2.08. The molecule has 2 nitrogen and oxygen atoms in total. The van der Waals surface area contributed by atoms with E-state index < -0.39 is 0 Å². The van der Waals surface area contributed by atoms with E-state index in [0.29, 0.717) is 5.75 Å². The standard InChI is InChI=1S/C16H16O2/c1-11-4-6-13(7-5-11)12(2)15-9-8-14(18-3)10-16(15)17/h4-10,17H,2H2,1,3H3. The van der Waals surface area contributed by atoms with Gasteiger partial charge < -0.3 is 9.84 Å². The van der Waals surface area contributed by atoms with Crippen LogP contribution in [0.2, 0.25) is 0 Å². The summed E-state index contributed by atoms with van der Waals surface area (Å²) in [6.07, 6.45) is 0. The van der Waals surface area contributed by atoms with Crippen molar-refractivity contribution in [2.75, 3.05) is 7.11 Å². The number of benzene rings is 2. The molecule has 2 rings (SSSR count). The summed E-state index contributed by atoms with van der Waals surface area (Å²) in [6.45, 7) is 6.08. The average molecular weight is 240 g/mol. The Morgan fingerprint density at radius 1 is 1.11 bits per heavy atom. The third-order valence-electron chi connectivity index (χ3n) is 2.93. The number of methoxy groups -OCH3 is 1. The van der Waals surface area contributed by atoms with Crippen LogP contribution in [0.25, 0.3) is 5.57 Å². The predicted octanol–water partition coefficient (Wildman–Crippen LogP) is 3.77. The Labute approximate surface area is 107 Å². The number of phenolic OH excluding ortho intramolecular Hbond substituents is 1. The van der Waals surface area contributed by atoms with E-state index in [-0.39, 0.29) is 5.75 Å². The number of aryl methyl sites for hydroxylation is 1. The summed E-state index contributed by atoms with van der Waals surface area (Å²) in [5.74, 6) is 0.813. The van der Waals surface area contributed by atoms with Gasteiger partial charge in [0, 0.05) is 11.6 Å². The van der Waals surface area contributed by atoms with Crippen LogP contribution in [0.15, 0.2) is 49.0 Å². The summed E-state index contributed by atoms with van der Waals surface area (Å²) >= 11 is 0. The molecule has 0 amide bonds. The maximum Gasteiger partial charge on any atom is 0.127 e. The minimum atomic E-state index is 0.180. The van der Waals surface area contributed by atoms with E-state index in [2.05, 4.69) is 6.58 Å². The smallest absolute Gasteiger partial charge is 0.127 e. The molecule has 0 atom stereocenters. The third-order valence-corrected chi connectivity index (χ3v) is 2.93. The fourth-order valence-electron chi connectivity index (χ4n) is 1.80. The van der Waals surface area contributed by atoms with Crippen LogP contribution in [0.1, 0.15) is 16.7 Å². The van der Waals surface area contributed by atoms with Crippen molar-refractivity contribution in [2.24, 2.45) is 0 Å². The maximum absolute atomic E-state index is 9.97. The normalized spacial score (nSPS) is 10.1. The molecule has 2 aromatic rings. The van der Waals surface area contributed by atoms with E-state index in [1.807, 2.05) is 43.3 Å². The molecule has 0 heterocycles. The SMILES string of the molecule is C=C(c1ccc(C)cc1)c1ccc(OC)cc1O. The highest BCUT2D eigenvalue weighted by atomic mass is 16.5. The minimum absolute atomic E-state index is 0.180. The van der Waals surface area contributed by atoms with Crippen LogP contribution in [-0.4, -0.2) is 12.2 Å². The number of hydrogen-bond donors (Lipinski definition) is 1. The molecule has 0 spiro atoms. The van der Waals surface area contributed by atoms with Gasteiger partial charge in [-0.3, -0.25) is 0 Å². The number of phenols is 1. The third kappa shape index (κ3) is 2.38. The van der Waals surface area contributed by atoms with E-state index >= 15 is 0 Å². The van der Waals surface area contributed by atoms with Crippen LogP contribution in [0.5, 0.6) is 11.5 Å². The first-order chi connectivity index (χ1) is 8.61. The molecule has 0 fully saturated rings. The van der Waals surface area contributed by atoms with Gasteiger partial charge in [-0.1, -0.05) is 36.4 Å². The van der Waals surface area contributed by atoms with Gasteiger partial charge in [0.2, 0.25) is 0 Å². The molecule has 0 saturated carbocycles. The highest BCUT2D eigenvalue weighted by Crippen LogP contribution is 2.31. The van der Waals surface area contributed by atoms with Gasteiger partial charge in [-0.25, -0.2) is 0 Å². The topological polar surface area (TPSA) is 29.5 Å². The van der Waals surface area contributed by atoms with Gasteiger partial charge in [-0.05, 0) is 30.2 Å². The zero-order valence-corrected chi connectivity index (χ0v) is 10.6. The van der Waals surface area contributed by atoms with E-state index in [4.69, 9.17) is 4.74 Å². The Morgan fingerprint density at radius 2 is 1.78 bits per heavy atom. The molecule has 0 unspecified atom stereocenters.